The molecule has 0 saturated carbocycles. The number of benzene rings is 16. The van der Waals surface area contributed by atoms with Gasteiger partial charge in [-0.1, -0.05) is 339 Å². The highest BCUT2D eigenvalue weighted by Gasteiger charge is 2.46. The quantitative estimate of drug-likeness (QED) is 0.0900. The van der Waals surface area contributed by atoms with Gasteiger partial charge in [0.05, 0.1) is 22.4 Å². The first-order valence-corrected chi connectivity index (χ1v) is 38.6. The van der Waals surface area contributed by atoms with Gasteiger partial charge < -0.3 is 18.8 Å². The summed E-state index contributed by atoms with van der Waals surface area (Å²) >= 11 is 0. The second-order valence-corrected chi connectivity index (χ2v) is 31.9. The Labute approximate surface area is 644 Å². The van der Waals surface area contributed by atoms with Crippen LogP contribution in [0.3, 0.4) is 0 Å². The maximum atomic E-state index is 6.55. The predicted octanol–water partition coefficient (Wildman–Crippen LogP) is 26.5. The fraction of sp³-hybridized carbons (Fsp3) is 0.0857. The maximum Gasteiger partial charge on any atom is 0.252 e. The van der Waals surface area contributed by atoms with Gasteiger partial charge in [0.1, 0.15) is 11.2 Å². The lowest BCUT2D eigenvalue weighted by Crippen LogP contribution is -2.61. The molecule has 2 aliphatic rings. The number of hydrogen-bond donors (Lipinski definition) is 0. The van der Waals surface area contributed by atoms with Gasteiger partial charge in [-0.2, -0.15) is 0 Å². The van der Waals surface area contributed by atoms with E-state index in [-0.39, 0.29) is 23.5 Å². The van der Waals surface area contributed by atoms with Crippen LogP contribution in [0.1, 0.15) is 75.3 Å². The fourth-order valence-corrected chi connectivity index (χ4v) is 17.8. The van der Waals surface area contributed by atoms with Crippen molar-refractivity contribution >= 4 is 101 Å². The predicted molar refractivity (Wildman–Crippen MR) is 466 cm³/mol. The van der Waals surface area contributed by atoms with Crippen LogP contribution >= 0.6 is 0 Å². The lowest BCUT2D eigenvalue weighted by Gasteiger charge is -2.46. The van der Waals surface area contributed by atoms with E-state index in [1.165, 1.54) is 55.0 Å². The minimum absolute atomic E-state index is 0.0309. The van der Waals surface area contributed by atoms with Crippen LogP contribution in [0.25, 0.3) is 116 Å². The average molecular weight is 1410 g/mol. The second-order valence-electron chi connectivity index (χ2n) is 31.9. The van der Waals surface area contributed by atoms with Crippen molar-refractivity contribution in [2.24, 2.45) is 0 Å². The summed E-state index contributed by atoms with van der Waals surface area (Å²) in [6.07, 6.45) is 0. The number of fused-ring (bicyclic) bond motifs is 10. The first kappa shape index (κ1) is 66.2. The molecule has 0 fully saturated rings. The van der Waals surface area contributed by atoms with E-state index in [4.69, 9.17) is 4.42 Å². The number of rotatable bonds is 12. The van der Waals surface area contributed by atoms with Gasteiger partial charge in [-0.05, 0) is 172 Å². The van der Waals surface area contributed by atoms with Gasteiger partial charge in [0.15, 0.2) is 0 Å². The standard InChI is InChI=1S/C105H80BN3O/c1-104(2,3)79-54-46-72(47-55-79)100(73-48-56-80(57-49-73)105(4,5)6)77-51-59-91-95(65-77)109(103-84(70-32-16-9-17-33-70)42-27-43-85(103)71-34-18-10-19-35-71)97-67-78(75-52-60-93-88(62-75)86-38-22-24-44-92(86)107(93)81-36-20-11-21-37-81)66-96-101(97)106(91)90-58-50-76(74-53-61-99-89(63-74)87-39-23-25-45-98(87)110-99)64-94(90)108(96)102-82(68-28-12-7-13-29-68)40-26-41-83(102)69-30-14-8-15-31-69/h7-67,100H,1-6H3. The van der Waals surface area contributed by atoms with E-state index in [1.807, 2.05) is 0 Å². The Morgan fingerprint density at radius 3 is 1.19 bits per heavy atom. The molecule has 4 heterocycles. The summed E-state index contributed by atoms with van der Waals surface area (Å²) in [6, 6.07) is 139. The number of aromatic nitrogens is 1. The molecule has 18 aromatic rings. The Morgan fingerprint density at radius 2 is 0.664 bits per heavy atom. The van der Waals surface area contributed by atoms with Gasteiger partial charge in [0.2, 0.25) is 0 Å². The molecule has 0 N–H and O–H groups in total. The van der Waals surface area contributed by atoms with Crippen molar-refractivity contribution in [3.63, 3.8) is 0 Å². The fourth-order valence-electron chi connectivity index (χ4n) is 17.8. The van der Waals surface area contributed by atoms with Crippen LogP contribution in [0.15, 0.2) is 374 Å². The van der Waals surface area contributed by atoms with Gasteiger partial charge in [-0.25, -0.2) is 0 Å². The van der Waals surface area contributed by atoms with Crippen LogP contribution in [-0.4, -0.2) is 11.3 Å². The summed E-state index contributed by atoms with van der Waals surface area (Å²) in [5, 5.41) is 4.58. The molecule has 5 heteroatoms. The summed E-state index contributed by atoms with van der Waals surface area (Å²) in [6.45, 7) is 13.6. The Bertz CT molecular complexity index is 6410. The number of nitrogens with zero attached hydrogens (tertiary/aromatic N) is 3. The van der Waals surface area contributed by atoms with E-state index in [0.717, 1.165) is 140 Å². The minimum Gasteiger partial charge on any atom is -0.456 e. The molecule has 4 nitrogen and oxygen atoms in total. The normalized spacial score (nSPS) is 12.7. The van der Waals surface area contributed by atoms with Gasteiger partial charge in [0.25, 0.3) is 6.71 Å². The molecular formula is C105H80BN3O. The van der Waals surface area contributed by atoms with E-state index in [2.05, 4.69) is 426 Å². The van der Waals surface area contributed by atoms with Crippen molar-refractivity contribution in [3.8, 4) is 72.4 Å². The van der Waals surface area contributed by atoms with Crippen LogP contribution < -0.4 is 26.2 Å². The molecule has 0 bridgehead atoms. The highest BCUT2D eigenvalue weighted by Crippen LogP contribution is 2.55. The molecule has 0 spiro atoms. The van der Waals surface area contributed by atoms with Gasteiger partial charge >= 0.3 is 0 Å². The van der Waals surface area contributed by atoms with Gasteiger partial charge in [-0.3, -0.25) is 0 Å². The first-order chi connectivity index (χ1) is 53.8. The molecular weight excluding hydrogens is 1330 g/mol. The smallest absolute Gasteiger partial charge is 0.252 e. The Morgan fingerprint density at radius 1 is 0.273 bits per heavy atom. The van der Waals surface area contributed by atoms with Gasteiger partial charge in [-0.15, -0.1) is 0 Å². The van der Waals surface area contributed by atoms with Crippen LogP contribution in [0.5, 0.6) is 0 Å². The van der Waals surface area contributed by atoms with E-state index in [0.29, 0.717) is 0 Å². The third-order valence-electron chi connectivity index (χ3n) is 23.2. The minimum atomic E-state index is -0.273. The summed E-state index contributed by atoms with van der Waals surface area (Å²) in [7, 11) is 0. The molecule has 0 aliphatic carbocycles. The molecule has 0 atom stereocenters. The largest absolute Gasteiger partial charge is 0.456 e. The SMILES string of the molecule is CC(C)(C)c1ccc(C(c2ccc(C(C)(C)C)cc2)c2ccc3c(c2)N(c2c(-c4ccccc4)cccc2-c2ccccc2)c2cc(-c4ccc5c(c4)c4ccccc4n5-c4ccccc4)cc4c2B3c2ccc(-c3ccc5oc6ccccc6c5c3)cc2N4c2c(-c3ccccc3)cccc2-c2ccccc2)cc1. The van der Waals surface area contributed by atoms with Crippen LogP contribution in [0.4, 0.5) is 34.1 Å². The van der Waals surface area contributed by atoms with Crippen molar-refractivity contribution in [2.45, 2.75) is 58.3 Å². The van der Waals surface area contributed by atoms with Gasteiger partial charge in [0, 0.05) is 78.2 Å². The topological polar surface area (TPSA) is 24.6 Å². The average Bonchev–Trinajstić information content (AvgIpc) is 0.837. The zero-order valence-corrected chi connectivity index (χ0v) is 62.6. The molecule has 20 rings (SSSR count). The third kappa shape index (κ3) is 11.2. The van der Waals surface area contributed by atoms with Crippen molar-refractivity contribution in [1.82, 2.24) is 4.57 Å². The molecule has 524 valence electrons. The van der Waals surface area contributed by atoms with Crippen molar-refractivity contribution in [3.05, 3.63) is 398 Å². The molecule has 16 aromatic carbocycles. The summed E-state index contributed by atoms with van der Waals surface area (Å²) in [5.41, 5.74) is 35.2. The van der Waals surface area contributed by atoms with E-state index in [9.17, 15) is 0 Å². The lowest BCUT2D eigenvalue weighted by atomic mass is 9.33. The molecule has 0 radical (unpaired) electrons. The maximum absolute atomic E-state index is 6.55. The highest BCUT2D eigenvalue weighted by atomic mass is 16.3. The third-order valence-corrected chi connectivity index (χ3v) is 23.2. The van der Waals surface area contributed by atoms with Crippen LogP contribution in [-0.2, 0) is 10.8 Å². The van der Waals surface area contributed by atoms with E-state index < -0.39 is 0 Å². The molecule has 0 saturated heterocycles. The van der Waals surface area contributed by atoms with E-state index >= 15 is 0 Å². The number of hydrogen-bond acceptors (Lipinski definition) is 3. The Kier molecular flexibility index (Phi) is 15.9. The summed E-state index contributed by atoms with van der Waals surface area (Å²) < 4.78 is 8.98. The Hall–Kier alpha value is -13.2. The summed E-state index contributed by atoms with van der Waals surface area (Å²) in [5.74, 6) is -0.136. The number of para-hydroxylation sites is 5. The monoisotopic (exact) mass is 1410 g/mol. The lowest BCUT2D eigenvalue weighted by molar-refractivity contribution is 0.589. The van der Waals surface area contributed by atoms with Crippen molar-refractivity contribution in [2.75, 3.05) is 9.80 Å². The highest BCUT2D eigenvalue weighted by molar-refractivity contribution is 7.00. The van der Waals surface area contributed by atoms with Crippen LogP contribution in [0, 0.1) is 0 Å². The Balaban J connectivity index is 0.945. The van der Waals surface area contributed by atoms with E-state index in [1.54, 1.807) is 0 Å². The summed E-state index contributed by atoms with van der Waals surface area (Å²) in [4.78, 5) is 5.40. The molecule has 2 aliphatic heterocycles. The van der Waals surface area contributed by atoms with Crippen molar-refractivity contribution in [1.29, 1.82) is 0 Å². The molecule has 110 heavy (non-hydrogen) atoms. The van der Waals surface area contributed by atoms with Crippen LogP contribution in [0.2, 0.25) is 0 Å². The zero-order valence-electron chi connectivity index (χ0n) is 62.6. The number of anilines is 6. The van der Waals surface area contributed by atoms with Crippen molar-refractivity contribution < 1.29 is 4.42 Å². The first-order valence-electron chi connectivity index (χ1n) is 38.6. The second kappa shape index (κ2) is 26.3. The molecule has 0 unspecified atom stereocenters. The molecule has 2 aromatic heterocycles. The zero-order chi connectivity index (χ0) is 73.9. The number of furan rings is 1. The molecule has 0 amide bonds.